The third-order valence-corrected chi connectivity index (χ3v) is 2.36. The third-order valence-electron chi connectivity index (χ3n) is 2.36. The number of pyridine rings is 1. The number of nitrogens with zero attached hydrogens (tertiary/aromatic N) is 1. The molecule has 0 aliphatic carbocycles. The minimum absolute atomic E-state index is 0.225. The predicted molar refractivity (Wildman–Crippen MR) is 56.5 cm³/mol. The van der Waals surface area contributed by atoms with Gasteiger partial charge in [-0.15, -0.1) is 0 Å². The van der Waals surface area contributed by atoms with E-state index in [1.54, 1.807) is 6.20 Å². The van der Waals surface area contributed by atoms with E-state index in [4.69, 9.17) is 15.3 Å². The Hall–Kier alpha value is -1.33. The number of hydrazine groups is 1. The molecule has 0 aromatic carbocycles. The highest BCUT2D eigenvalue weighted by atomic mass is 16.5. The van der Waals surface area contributed by atoms with Gasteiger partial charge in [0.2, 0.25) is 5.88 Å². The van der Waals surface area contributed by atoms with E-state index < -0.39 is 0 Å². The van der Waals surface area contributed by atoms with Crippen molar-refractivity contribution in [2.75, 3.05) is 18.6 Å². The van der Waals surface area contributed by atoms with Crippen molar-refractivity contribution in [2.45, 2.75) is 18.9 Å². The summed E-state index contributed by atoms with van der Waals surface area (Å²) in [7, 11) is 0. The zero-order chi connectivity index (χ0) is 10.5. The summed E-state index contributed by atoms with van der Waals surface area (Å²) in [4.78, 5) is 4.14. The Morgan fingerprint density at radius 3 is 2.80 bits per heavy atom. The molecule has 2 rings (SSSR count). The summed E-state index contributed by atoms with van der Waals surface area (Å²) < 4.78 is 10.9. The van der Waals surface area contributed by atoms with Gasteiger partial charge in [-0.1, -0.05) is 0 Å². The molecule has 0 unspecified atom stereocenters. The first-order chi connectivity index (χ1) is 7.38. The normalized spacial score (nSPS) is 17.4. The van der Waals surface area contributed by atoms with Crippen molar-refractivity contribution in [3.8, 4) is 5.88 Å². The second kappa shape index (κ2) is 4.95. The number of nitrogens with two attached hydrogens (primary N) is 1. The summed E-state index contributed by atoms with van der Waals surface area (Å²) in [6, 6.07) is 3.65. The highest BCUT2D eigenvalue weighted by molar-refractivity contribution is 5.40. The summed E-state index contributed by atoms with van der Waals surface area (Å²) in [5.41, 5.74) is 3.29. The van der Waals surface area contributed by atoms with Crippen LogP contribution >= 0.6 is 0 Å². The Kier molecular flexibility index (Phi) is 3.37. The number of anilines is 1. The minimum Gasteiger partial charge on any atom is -0.474 e. The SMILES string of the molecule is NNc1ccc(OC2CCOCC2)nc1. The van der Waals surface area contributed by atoms with Gasteiger partial charge < -0.3 is 14.9 Å². The van der Waals surface area contributed by atoms with Crippen LogP contribution in [0.5, 0.6) is 5.88 Å². The van der Waals surface area contributed by atoms with E-state index in [1.165, 1.54) is 0 Å². The van der Waals surface area contributed by atoms with Crippen LogP contribution in [0.1, 0.15) is 12.8 Å². The molecular weight excluding hydrogens is 194 g/mol. The van der Waals surface area contributed by atoms with Crippen LogP contribution in [0.2, 0.25) is 0 Å². The molecule has 0 atom stereocenters. The second-order valence-corrected chi connectivity index (χ2v) is 3.46. The van der Waals surface area contributed by atoms with Gasteiger partial charge in [-0.2, -0.15) is 0 Å². The Morgan fingerprint density at radius 2 is 2.20 bits per heavy atom. The smallest absolute Gasteiger partial charge is 0.213 e. The standard InChI is InChI=1S/C10H15N3O2/c11-13-8-1-2-10(12-7-8)15-9-3-5-14-6-4-9/h1-2,7,9,13H,3-6,11H2. The van der Waals surface area contributed by atoms with Gasteiger partial charge >= 0.3 is 0 Å². The maximum Gasteiger partial charge on any atom is 0.213 e. The van der Waals surface area contributed by atoms with Crippen LogP contribution in [0.3, 0.4) is 0 Å². The van der Waals surface area contributed by atoms with Crippen LogP contribution in [0.15, 0.2) is 18.3 Å². The summed E-state index contributed by atoms with van der Waals surface area (Å²) >= 11 is 0. The number of hydrogen-bond acceptors (Lipinski definition) is 5. The molecule has 1 saturated heterocycles. The molecule has 1 fully saturated rings. The van der Waals surface area contributed by atoms with Crippen LogP contribution in [-0.4, -0.2) is 24.3 Å². The van der Waals surface area contributed by atoms with Gasteiger partial charge in [0.1, 0.15) is 6.10 Å². The van der Waals surface area contributed by atoms with E-state index in [1.807, 2.05) is 12.1 Å². The van der Waals surface area contributed by atoms with Crippen molar-refractivity contribution in [2.24, 2.45) is 5.84 Å². The molecule has 0 amide bonds. The minimum atomic E-state index is 0.225. The molecule has 0 spiro atoms. The van der Waals surface area contributed by atoms with E-state index in [0.29, 0.717) is 5.88 Å². The van der Waals surface area contributed by atoms with E-state index in [0.717, 1.165) is 31.7 Å². The Labute approximate surface area is 88.6 Å². The summed E-state index contributed by atoms with van der Waals surface area (Å²) in [6.07, 6.45) is 3.73. The zero-order valence-electron chi connectivity index (χ0n) is 8.48. The number of nitrogen functional groups attached to an aromatic ring is 1. The van der Waals surface area contributed by atoms with Crippen molar-refractivity contribution >= 4 is 5.69 Å². The molecule has 1 aliphatic heterocycles. The number of aromatic nitrogens is 1. The average Bonchev–Trinajstić information content (AvgIpc) is 2.31. The number of rotatable bonds is 3. The fourth-order valence-corrected chi connectivity index (χ4v) is 1.50. The lowest BCUT2D eigenvalue weighted by molar-refractivity contribution is 0.0237. The van der Waals surface area contributed by atoms with Gasteiger partial charge in [-0.25, -0.2) is 4.98 Å². The van der Waals surface area contributed by atoms with Gasteiger partial charge in [0, 0.05) is 18.9 Å². The number of ether oxygens (including phenoxy) is 2. The lowest BCUT2D eigenvalue weighted by atomic mass is 10.1. The topological polar surface area (TPSA) is 69.4 Å². The van der Waals surface area contributed by atoms with E-state index in [2.05, 4.69) is 10.4 Å². The van der Waals surface area contributed by atoms with Gasteiger partial charge in [-0.3, -0.25) is 5.84 Å². The van der Waals surface area contributed by atoms with Crippen LogP contribution in [-0.2, 0) is 4.74 Å². The molecule has 1 aromatic heterocycles. The monoisotopic (exact) mass is 209 g/mol. The number of nitrogens with one attached hydrogen (secondary N) is 1. The highest BCUT2D eigenvalue weighted by Gasteiger charge is 2.15. The first kappa shape index (κ1) is 10.2. The zero-order valence-corrected chi connectivity index (χ0v) is 8.48. The van der Waals surface area contributed by atoms with Crippen LogP contribution in [0, 0.1) is 0 Å². The molecule has 82 valence electrons. The Balaban J connectivity index is 1.91. The molecule has 5 heteroatoms. The lowest BCUT2D eigenvalue weighted by Gasteiger charge is -2.22. The molecule has 1 aromatic rings. The van der Waals surface area contributed by atoms with Crippen molar-refractivity contribution in [3.05, 3.63) is 18.3 Å². The lowest BCUT2D eigenvalue weighted by Crippen LogP contribution is -2.26. The van der Waals surface area contributed by atoms with Crippen LogP contribution < -0.4 is 16.0 Å². The third kappa shape index (κ3) is 2.81. The van der Waals surface area contributed by atoms with Gasteiger partial charge in [0.05, 0.1) is 25.1 Å². The van der Waals surface area contributed by atoms with E-state index in [9.17, 15) is 0 Å². The molecule has 0 radical (unpaired) electrons. The van der Waals surface area contributed by atoms with Gasteiger partial charge in [0.25, 0.3) is 0 Å². The molecule has 3 N–H and O–H groups in total. The quantitative estimate of drug-likeness (QED) is 0.572. The van der Waals surface area contributed by atoms with E-state index >= 15 is 0 Å². The summed E-state index contributed by atoms with van der Waals surface area (Å²) in [5, 5.41) is 0. The predicted octanol–water partition coefficient (Wildman–Crippen LogP) is 0.925. The first-order valence-corrected chi connectivity index (χ1v) is 5.05. The molecule has 15 heavy (non-hydrogen) atoms. The van der Waals surface area contributed by atoms with Crippen molar-refractivity contribution in [1.82, 2.24) is 4.98 Å². The Bertz CT molecular complexity index is 296. The van der Waals surface area contributed by atoms with Gasteiger partial charge in [-0.05, 0) is 6.07 Å². The van der Waals surface area contributed by atoms with Crippen molar-refractivity contribution in [1.29, 1.82) is 0 Å². The van der Waals surface area contributed by atoms with Crippen molar-refractivity contribution < 1.29 is 9.47 Å². The van der Waals surface area contributed by atoms with Crippen molar-refractivity contribution in [3.63, 3.8) is 0 Å². The maximum absolute atomic E-state index is 5.70. The maximum atomic E-state index is 5.70. The fraction of sp³-hybridized carbons (Fsp3) is 0.500. The molecular formula is C10H15N3O2. The van der Waals surface area contributed by atoms with Gasteiger partial charge in [0.15, 0.2) is 0 Å². The molecule has 2 heterocycles. The molecule has 0 bridgehead atoms. The average molecular weight is 209 g/mol. The number of hydrogen-bond donors (Lipinski definition) is 2. The fourth-order valence-electron chi connectivity index (χ4n) is 1.50. The van der Waals surface area contributed by atoms with E-state index in [-0.39, 0.29) is 6.10 Å². The summed E-state index contributed by atoms with van der Waals surface area (Å²) in [6.45, 7) is 1.54. The van der Waals surface area contributed by atoms with Crippen LogP contribution in [0.25, 0.3) is 0 Å². The molecule has 5 nitrogen and oxygen atoms in total. The largest absolute Gasteiger partial charge is 0.474 e. The Morgan fingerprint density at radius 1 is 1.40 bits per heavy atom. The first-order valence-electron chi connectivity index (χ1n) is 5.05. The molecule has 1 aliphatic rings. The van der Waals surface area contributed by atoms with Crippen LogP contribution in [0.4, 0.5) is 5.69 Å². The summed E-state index contributed by atoms with van der Waals surface area (Å²) in [5.74, 6) is 5.88. The molecule has 0 saturated carbocycles. The second-order valence-electron chi connectivity index (χ2n) is 3.46. The highest BCUT2D eigenvalue weighted by Crippen LogP contribution is 2.16.